The lowest BCUT2D eigenvalue weighted by atomic mass is 9.44. The number of alkyl halides is 3. The van der Waals surface area contributed by atoms with Crippen molar-refractivity contribution in [3.05, 3.63) is 23.8 Å². The van der Waals surface area contributed by atoms with E-state index in [2.05, 4.69) is 0 Å². The molecule has 3 fully saturated rings. The molecule has 4 rings (SSSR count). The SMILES string of the molecule is CCC(=O)OC1(C(=O)SCF)C(C)C[C@H]2[C@@H]3C[C@H](F)C4=CC(=O)C=C[C@]4(C)[C@@]3(F)[C@@H](O)C[C@@]21C. The molecule has 9 atom stereocenters. The number of allylic oxidation sites excluding steroid dienone is 4. The Bertz CT molecular complexity index is 984. The predicted octanol–water partition coefficient (Wildman–Crippen LogP) is 4.43. The van der Waals surface area contributed by atoms with Gasteiger partial charge in [-0.05, 0) is 61.6 Å². The van der Waals surface area contributed by atoms with Gasteiger partial charge in [-0.2, -0.15) is 0 Å². The van der Waals surface area contributed by atoms with E-state index in [1.165, 1.54) is 19.1 Å². The first-order valence-electron chi connectivity index (χ1n) is 11.7. The van der Waals surface area contributed by atoms with Crippen molar-refractivity contribution in [1.82, 2.24) is 0 Å². The van der Waals surface area contributed by atoms with Crippen LogP contribution in [0.25, 0.3) is 0 Å². The first-order valence-corrected chi connectivity index (χ1v) is 12.7. The van der Waals surface area contributed by atoms with Gasteiger partial charge in [0.1, 0.15) is 12.2 Å². The Morgan fingerprint density at radius 2 is 1.94 bits per heavy atom. The summed E-state index contributed by atoms with van der Waals surface area (Å²) in [6.07, 6.45) is 0.160. The molecule has 9 heteroatoms. The Kier molecular flexibility index (Phi) is 6.16. The van der Waals surface area contributed by atoms with Crippen LogP contribution in [0.3, 0.4) is 0 Å². The predicted molar refractivity (Wildman–Crippen MR) is 121 cm³/mol. The number of rotatable bonds is 4. The van der Waals surface area contributed by atoms with Gasteiger partial charge in [0.05, 0.1) is 6.10 Å². The first-order chi connectivity index (χ1) is 15.8. The number of esters is 1. The number of ether oxygens (including phenoxy) is 1. The Balaban J connectivity index is 1.87. The van der Waals surface area contributed by atoms with Gasteiger partial charge in [-0.25, -0.2) is 13.2 Å². The Morgan fingerprint density at radius 1 is 1.26 bits per heavy atom. The Labute approximate surface area is 201 Å². The molecular formula is C25H31F3O5S. The van der Waals surface area contributed by atoms with Crippen LogP contribution in [0.4, 0.5) is 13.2 Å². The van der Waals surface area contributed by atoms with E-state index in [0.717, 1.165) is 6.08 Å². The third-order valence-electron chi connectivity index (χ3n) is 9.22. The highest BCUT2D eigenvalue weighted by molar-refractivity contribution is 8.13. The van der Waals surface area contributed by atoms with Crippen molar-refractivity contribution in [3.63, 3.8) is 0 Å². The minimum absolute atomic E-state index is 0.0141. The summed E-state index contributed by atoms with van der Waals surface area (Å²) < 4.78 is 51.8. The van der Waals surface area contributed by atoms with E-state index in [4.69, 9.17) is 4.74 Å². The number of carbonyl (C=O) groups excluding carboxylic acids is 3. The average molecular weight is 501 g/mol. The summed E-state index contributed by atoms with van der Waals surface area (Å²) in [6, 6.07) is -1.02. The van der Waals surface area contributed by atoms with E-state index in [1.807, 2.05) is 0 Å². The lowest BCUT2D eigenvalue weighted by molar-refractivity contribution is -0.228. The van der Waals surface area contributed by atoms with Crippen LogP contribution in [-0.4, -0.2) is 51.5 Å². The van der Waals surface area contributed by atoms with Gasteiger partial charge in [0, 0.05) is 29.1 Å². The summed E-state index contributed by atoms with van der Waals surface area (Å²) in [6.45, 7) is 6.45. The van der Waals surface area contributed by atoms with Crippen LogP contribution in [0.5, 0.6) is 0 Å². The smallest absolute Gasteiger partial charge is 0.306 e. The maximum atomic E-state index is 17.2. The summed E-state index contributed by atoms with van der Waals surface area (Å²) in [5, 5.41) is 10.7. The zero-order valence-electron chi connectivity index (χ0n) is 19.8. The largest absolute Gasteiger partial charge is 0.449 e. The van der Waals surface area contributed by atoms with E-state index < -0.39 is 75.0 Å². The van der Waals surface area contributed by atoms with Crippen LogP contribution >= 0.6 is 11.8 Å². The van der Waals surface area contributed by atoms with Gasteiger partial charge >= 0.3 is 5.97 Å². The molecule has 188 valence electrons. The van der Waals surface area contributed by atoms with Crippen molar-refractivity contribution in [2.75, 3.05) is 6.01 Å². The molecule has 5 nitrogen and oxygen atoms in total. The second kappa shape index (κ2) is 8.22. The van der Waals surface area contributed by atoms with Gasteiger partial charge in [-0.15, -0.1) is 0 Å². The number of halogens is 3. The van der Waals surface area contributed by atoms with Gasteiger partial charge in [0.15, 0.2) is 17.1 Å². The van der Waals surface area contributed by atoms with E-state index in [1.54, 1.807) is 20.8 Å². The number of aliphatic hydroxyl groups is 1. The summed E-state index contributed by atoms with van der Waals surface area (Å²) in [5.74, 6) is -3.30. The molecule has 34 heavy (non-hydrogen) atoms. The summed E-state index contributed by atoms with van der Waals surface area (Å²) in [5.41, 5.74) is -6.84. The molecule has 0 aromatic carbocycles. The fourth-order valence-corrected chi connectivity index (χ4v) is 8.42. The molecule has 1 N–H and O–H groups in total. The number of hydrogen-bond acceptors (Lipinski definition) is 6. The minimum Gasteiger partial charge on any atom is -0.449 e. The molecule has 0 radical (unpaired) electrons. The van der Waals surface area contributed by atoms with Crippen molar-refractivity contribution in [1.29, 1.82) is 0 Å². The van der Waals surface area contributed by atoms with E-state index >= 15 is 8.78 Å². The Hall–Kier alpha value is -1.61. The van der Waals surface area contributed by atoms with Gasteiger partial charge in [0.2, 0.25) is 5.12 Å². The third kappa shape index (κ3) is 3.01. The van der Waals surface area contributed by atoms with E-state index in [9.17, 15) is 23.9 Å². The van der Waals surface area contributed by atoms with Crippen molar-refractivity contribution in [3.8, 4) is 0 Å². The summed E-state index contributed by atoms with van der Waals surface area (Å²) in [7, 11) is 0. The molecule has 2 unspecified atom stereocenters. The molecule has 0 aliphatic heterocycles. The molecule has 0 spiro atoms. The second-order valence-corrected chi connectivity index (χ2v) is 11.5. The highest BCUT2D eigenvalue weighted by Gasteiger charge is 2.78. The number of ketones is 1. The summed E-state index contributed by atoms with van der Waals surface area (Å²) >= 11 is 0.396. The number of carbonyl (C=O) groups is 3. The maximum absolute atomic E-state index is 17.2. The standard InChI is InChI=1S/C25H31F3O5S/c1-5-20(31)33-25(21(32)34-12-26)13(2)8-15-16-10-18(27)17-9-14(29)6-7-22(17,3)24(16,28)19(30)11-23(15,25)4/h6-7,9,13,15-16,18-19,30H,5,8,10-12H2,1-4H3/t13?,15-,16-,18-,19-,22-,23-,24-,25?/m0/s1. The first kappa shape index (κ1) is 25.5. The van der Waals surface area contributed by atoms with Crippen molar-refractivity contribution in [2.45, 2.75) is 76.9 Å². The highest BCUT2D eigenvalue weighted by Crippen LogP contribution is 2.72. The van der Waals surface area contributed by atoms with Gasteiger partial charge in [-0.1, -0.05) is 26.8 Å². The average Bonchev–Trinajstić information content (AvgIpc) is 2.99. The molecule has 0 bridgehead atoms. The lowest BCUT2D eigenvalue weighted by Crippen LogP contribution is -2.70. The van der Waals surface area contributed by atoms with Crippen molar-refractivity contribution in [2.24, 2.45) is 28.6 Å². The Morgan fingerprint density at radius 3 is 2.56 bits per heavy atom. The molecule has 0 saturated heterocycles. The van der Waals surface area contributed by atoms with Crippen LogP contribution in [0.2, 0.25) is 0 Å². The summed E-state index contributed by atoms with van der Waals surface area (Å²) in [4.78, 5) is 37.8. The topological polar surface area (TPSA) is 80.7 Å². The van der Waals surface area contributed by atoms with Crippen molar-refractivity contribution >= 4 is 28.6 Å². The number of thioether (sulfide) groups is 1. The van der Waals surface area contributed by atoms with Crippen LogP contribution in [-0.2, 0) is 19.1 Å². The zero-order chi connectivity index (χ0) is 25.3. The molecule has 0 amide bonds. The number of aliphatic hydroxyl groups excluding tert-OH is 1. The molecule has 3 saturated carbocycles. The molecule has 4 aliphatic rings. The lowest BCUT2D eigenvalue weighted by Gasteiger charge is -2.63. The van der Waals surface area contributed by atoms with E-state index in [0.29, 0.717) is 11.8 Å². The van der Waals surface area contributed by atoms with Crippen LogP contribution < -0.4 is 0 Å². The zero-order valence-corrected chi connectivity index (χ0v) is 20.6. The molecular weight excluding hydrogens is 469 g/mol. The molecule has 4 aliphatic carbocycles. The quantitative estimate of drug-likeness (QED) is 0.576. The second-order valence-electron chi connectivity index (χ2n) is 10.6. The molecule has 0 heterocycles. The fourth-order valence-electron chi connectivity index (χ4n) is 7.63. The van der Waals surface area contributed by atoms with Crippen LogP contribution in [0.1, 0.15) is 53.4 Å². The number of fused-ring (bicyclic) bond motifs is 5. The molecule has 0 aromatic rings. The van der Waals surface area contributed by atoms with Gasteiger partial charge in [-0.3, -0.25) is 14.4 Å². The third-order valence-corrected chi connectivity index (χ3v) is 9.90. The monoisotopic (exact) mass is 500 g/mol. The fraction of sp³-hybridized carbons (Fsp3) is 0.720. The van der Waals surface area contributed by atoms with Gasteiger partial charge < -0.3 is 9.84 Å². The van der Waals surface area contributed by atoms with Crippen LogP contribution in [0.15, 0.2) is 23.8 Å². The number of hydrogen-bond donors (Lipinski definition) is 1. The highest BCUT2D eigenvalue weighted by atomic mass is 32.2. The van der Waals surface area contributed by atoms with Crippen molar-refractivity contribution < 1.29 is 37.4 Å². The van der Waals surface area contributed by atoms with Gasteiger partial charge in [0.25, 0.3) is 0 Å². The van der Waals surface area contributed by atoms with Crippen LogP contribution in [0, 0.1) is 28.6 Å². The normalized spacial score (nSPS) is 47.4. The molecule has 0 aromatic heterocycles. The van der Waals surface area contributed by atoms with E-state index in [-0.39, 0.29) is 31.3 Å². The maximum Gasteiger partial charge on any atom is 0.306 e. The minimum atomic E-state index is -2.30.